The van der Waals surface area contributed by atoms with E-state index in [2.05, 4.69) is 38.0 Å². The van der Waals surface area contributed by atoms with Crippen LogP contribution in [0.4, 0.5) is 5.69 Å². The van der Waals surface area contributed by atoms with Gasteiger partial charge in [-0.3, -0.25) is 0 Å². The summed E-state index contributed by atoms with van der Waals surface area (Å²) >= 11 is 0. The molecule has 5 nitrogen and oxygen atoms in total. The Morgan fingerprint density at radius 2 is 1.74 bits per heavy atom. The summed E-state index contributed by atoms with van der Waals surface area (Å²) in [7, 11) is 0. The number of nitrogens with one attached hydrogen (secondary N) is 1. The molecule has 0 radical (unpaired) electrons. The average molecular weight is 431 g/mol. The van der Waals surface area contributed by atoms with Crippen LogP contribution in [0.3, 0.4) is 0 Å². The summed E-state index contributed by atoms with van der Waals surface area (Å²) in [6.07, 6.45) is 0.896. The molecule has 0 atom stereocenters. The standard InChI is InChI=1S/C17H25N3O2.HI/c1-16(2)14(17(16,3)4)20-15(18)19-11-6-7-12-13(10-11)22-9-5-8-21-12;/h6-7,10,14H,5,8-9H2,1-4H3,(H3,18,19,20);1H. The van der Waals surface area contributed by atoms with Crippen LogP contribution in [0.2, 0.25) is 0 Å². The summed E-state index contributed by atoms with van der Waals surface area (Å²) in [4.78, 5) is 4.63. The van der Waals surface area contributed by atoms with E-state index >= 15 is 0 Å². The third-order valence-electron chi connectivity index (χ3n) is 5.23. The van der Waals surface area contributed by atoms with E-state index in [1.54, 1.807) is 0 Å². The summed E-state index contributed by atoms with van der Waals surface area (Å²) in [6, 6.07) is 5.99. The van der Waals surface area contributed by atoms with Crippen molar-refractivity contribution in [3.05, 3.63) is 18.2 Å². The molecule has 1 heterocycles. The van der Waals surface area contributed by atoms with Crippen LogP contribution in [-0.2, 0) is 0 Å². The number of hydrogen-bond acceptors (Lipinski definition) is 3. The Kier molecular flexibility index (Phi) is 5.03. The lowest BCUT2D eigenvalue weighted by Gasteiger charge is -2.11. The Morgan fingerprint density at radius 1 is 1.13 bits per heavy atom. The van der Waals surface area contributed by atoms with Crippen molar-refractivity contribution in [2.24, 2.45) is 21.6 Å². The first kappa shape index (κ1) is 18.2. The molecule has 0 amide bonds. The number of fused-ring (bicyclic) bond motifs is 1. The lowest BCUT2D eigenvalue weighted by atomic mass is 10.0. The number of halogens is 1. The minimum Gasteiger partial charge on any atom is -0.490 e. The zero-order chi connectivity index (χ0) is 16.0. The molecule has 23 heavy (non-hydrogen) atoms. The lowest BCUT2D eigenvalue weighted by Crippen LogP contribution is -2.23. The van der Waals surface area contributed by atoms with E-state index in [1.165, 1.54) is 0 Å². The van der Waals surface area contributed by atoms with Crippen LogP contribution in [0.1, 0.15) is 34.1 Å². The van der Waals surface area contributed by atoms with Crippen LogP contribution in [0.15, 0.2) is 23.2 Å². The molecule has 2 aliphatic rings. The van der Waals surface area contributed by atoms with Crippen molar-refractivity contribution < 1.29 is 9.47 Å². The number of aliphatic imine (C=N–C) groups is 1. The highest BCUT2D eigenvalue weighted by molar-refractivity contribution is 14.0. The second-order valence-corrected chi connectivity index (χ2v) is 7.20. The SMILES string of the molecule is CC1(C)C(N=C(N)Nc2ccc3c(c2)OCCCO3)C1(C)C.I. The Labute approximate surface area is 155 Å². The highest BCUT2D eigenvalue weighted by atomic mass is 127. The Balaban J connectivity index is 0.00000192. The number of nitrogens with two attached hydrogens (primary N) is 1. The summed E-state index contributed by atoms with van der Waals surface area (Å²) in [5.74, 6) is 1.98. The van der Waals surface area contributed by atoms with Crippen LogP contribution in [0.5, 0.6) is 11.5 Å². The third kappa shape index (κ3) is 3.36. The molecule has 1 aliphatic heterocycles. The molecule has 1 aromatic carbocycles. The van der Waals surface area contributed by atoms with Gasteiger partial charge in [0.1, 0.15) is 0 Å². The molecule has 1 saturated carbocycles. The highest BCUT2D eigenvalue weighted by Crippen LogP contribution is 2.64. The number of hydrogen-bond donors (Lipinski definition) is 2. The van der Waals surface area contributed by atoms with Gasteiger partial charge in [0.15, 0.2) is 17.5 Å². The van der Waals surface area contributed by atoms with Gasteiger partial charge in [0, 0.05) is 18.2 Å². The van der Waals surface area contributed by atoms with Gasteiger partial charge in [0.25, 0.3) is 0 Å². The highest BCUT2D eigenvalue weighted by Gasteiger charge is 2.65. The van der Waals surface area contributed by atoms with Crippen molar-refractivity contribution in [3.63, 3.8) is 0 Å². The number of anilines is 1. The summed E-state index contributed by atoms with van der Waals surface area (Å²) in [5.41, 5.74) is 7.29. The topological polar surface area (TPSA) is 68.9 Å². The zero-order valence-electron chi connectivity index (χ0n) is 14.2. The third-order valence-corrected chi connectivity index (χ3v) is 5.23. The van der Waals surface area contributed by atoms with Gasteiger partial charge in [-0.2, -0.15) is 0 Å². The van der Waals surface area contributed by atoms with Gasteiger partial charge in [0.2, 0.25) is 0 Å². The number of guanidine groups is 1. The van der Waals surface area contributed by atoms with Crippen LogP contribution in [-0.4, -0.2) is 25.2 Å². The number of ether oxygens (including phenoxy) is 2. The summed E-state index contributed by atoms with van der Waals surface area (Å²) in [6.45, 7) is 10.3. The fourth-order valence-corrected chi connectivity index (χ4v) is 3.04. The summed E-state index contributed by atoms with van der Waals surface area (Å²) < 4.78 is 11.3. The molecular weight excluding hydrogens is 405 g/mol. The van der Waals surface area contributed by atoms with Crippen molar-refractivity contribution in [2.45, 2.75) is 40.2 Å². The van der Waals surface area contributed by atoms with Gasteiger partial charge in [-0.25, -0.2) is 4.99 Å². The largest absolute Gasteiger partial charge is 0.490 e. The predicted octanol–water partition coefficient (Wildman–Crippen LogP) is 3.63. The van der Waals surface area contributed by atoms with Gasteiger partial charge < -0.3 is 20.5 Å². The second kappa shape index (κ2) is 6.37. The fourth-order valence-electron chi connectivity index (χ4n) is 3.04. The molecule has 3 rings (SSSR count). The quantitative estimate of drug-likeness (QED) is 0.427. The number of nitrogens with zero attached hydrogens (tertiary/aromatic N) is 1. The van der Waals surface area contributed by atoms with E-state index < -0.39 is 0 Å². The van der Waals surface area contributed by atoms with E-state index in [4.69, 9.17) is 15.2 Å². The van der Waals surface area contributed by atoms with Crippen LogP contribution in [0, 0.1) is 10.8 Å². The van der Waals surface area contributed by atoms with Crippen LogP contribution >= 0.6 is 24.0 Å². The minimum absolute atomic E-state index is 0. The van der Waals surface area contributed by atoms with E-state index in [0.717, 1.165) is 23.6 Å². The molecule has 0 saturated heterocycles. The van der Waals surface area contributed by atoms with Gasteiger partial charge in [0.05, 0.1) is 19.3 Å². The molecule has 0 unspecified atom stereocenters. The van der Waals surface area contributed by atoms with E-state index in [-0.39, 0.29) is 40.8 Å². The first-order valence-corrected chi connectivity index (χ1v) is 7.82. The average Bonchev–Trinajstić information content (AvgIpc) is 2.96. The minimum atomic E-state index is 0. The van der Waals surface area contributed by atoms with Crippen LogP contribution < -0.4 is 20.5 Å². The van der Waals surface area contributed by atoms with Crippen molar-refractivity contribution in [2.75, 3.05) is 18.5 Å². The predicted molar refractivity (Wildman–Crippen MR) is 104 cm³/mol. The van der Waals surface area contributed by atoms with E-state index in [1.807, 2.05) is 18.2 Å². The maximum atomic E-state index is 6.06. The van der Waals surface area contributed by atoms with E-state index in [9.17, 15) is 0 Å². The van der Waals surface area contributed by atoms with Crippen molar-refractivity contribution in [1.29, 1.82) is 0 Å². The fraction of sp³-hybridized carbons (Fsp3) is 0.588. The molecule has 6 heteroatoms. The summed E-state index contributed by atoms with van der Waals surface area (Å²) in [5, 5.41) is 3.15. The maximum absolute atomic E-state index is 6.06. The smallest absolute Gasteiger partial charge is 0.193 e. The van der Waals surface area contributed by atoms with Crippen LogP contribution in [0.25, 0.3) is 0 Å². The molecular formula is C17H26IN3O2. The van der Waals surface area contributed by atoms with Gasteiger partial charge in [-0.1, -0.05) is 27.7 Å². The molecule has 128 valence electrons. The van der Waals surface area contributed by atoms with Gasteiger partial charge >= 0.3 is 0 Å². The molecule has 1 aromatic rings. The first-order valence-electron chi connectivity index (χ1n) is 7.82. The van der Waals surface area contributed by atoms with Gasteiger partial charge in [-0.05, 0) is 23.0 Å². The van der Waals surface area contributed by atoms with Crippen molar-refractivity contribution in [1.82, 2.24) is 0 Å². The normalized spacial score (nSPS) is 21.8. The second-order valence-electron chi connectivity index (χ2n) is 7.20. The van der Waals surface area contributed by atoms with Crippen molar-refractivity contribution >= 4 is 35.6 Å². The van der Waals surface area contributed by atoms with Gasteiger partial charge in [-0.15, -0.1) is 24.0 Å². The molecule has 0 aromatic heterocycles. The monoisotopic (exact) mass is 431 g/mol. The molecule has 0 spiro atoms. The Morgan fingerprint density at radius 3 is 2.35 bits per heavy atom. The first-order chi connectivity index (χ1) is 10.3. The maximum Gasteiger partial charge on any atom is 0.193 e. The Bertz CT molecular complexity index is 600. The molecule has 1 fully saturated rings. The molecule has 0 bridgehead atoms. The van der Waals surface area contributed by atoms with E-state index in [0.29, 0.717) is 19.2 Å². The number of benzene rings is 1. The zero-order valence-corrected chi connectivity index (χ0v) is 16.5. The molecule has 1 aliphatic carbocycles. The molecule has 3 N–H and O–H groups in total. The van der Waals surface area contributed by atoms with Crippen molar-refractivity contribution in [3.8, 4) is 11.5 Å². The number of rotatable bonds is 2. The Hall–Kier alpha value is -1.18. The lowest BCUT2D eigenvalue weighted by molar-refractivity contribution is 0.297.